The third-order valence-electron chi connectivity index (χ3n) is 3.88. The first-order chi connectivity index (χ1) is 12.5. The van der Waals surface area contributed by atoms with Crippen LogP contribution in [0.4, 0.5) is 10.3 Å². The van der Waals surface area contributed by atoms with Crippen molar-refractivity contribution in [3.8, 4) is 17.0 Å². The molecule has 11 heteroatoms. The number of halogens is 1. The lowest BCUT2D eigenvalue weighted by Crippen LogP contribution is -2.19. The summed E-state index contributed by atoms with van der Waals surface area (Å²) in [6.45, 7) is 0. The largest absolute Gasteiger partial charge is 0.479 e. The van der Waals surface area contributed by atoms with Crippen LogP contribution in [0.25, 0.3) is 22.4 Å². The number of imidazole rings is 1. The molecule has 0 unspecified atom stereocenters. The number of aromatic nitrogens is 6. The number of fused-ring (bicyclic) bond motifs is 2. The molecular weight excluding hydrogens is 343 g/mol. The maximum absolute atomic E-state index is 14.7. The number of nitrogen functional groups attached to an aromatic ring is 1. The van der Waals surface area contributed by atoms with Crippen LogP contribution in [0.15, 0.2) is 24.8 Å². The SMILES string of the molecule is CNC(=O)c1cnc2ncc(-c3c(F)cn4nc(N)nc(OC)c34)cn12. The smallest absolute Gasteiger partial charge is 0.269 e. The van der Waals surface area contributed by atoms with Crippen molar-refractivity contribution in [3.05, 3.63) is 36.3 Å². The molecule has 4 aromatic rings. The van der Waals surface area contributed by atoms with E-state index in [2.05, 4.69) is 25.4 Å². The van der Waals surface area contributed by atoms with Gasteiger partial charge >= 0.3 is 0 Å². The molecule has 26 heavy (non-hydrogen) atoms. The maximum Gasteiger partial charge on any atom is 0.269 e. The predicted molar refractivity (Wildman–Crippen MR) is 89.3 cm³/mol. The van der Waals surface area contributed by atoms with Gasteiger partial charge in [-0.3, -0.25) is 9.20 Å². The Hall–Kier alpha value is -3.76. The second kappa shape index (κ2) is 5.65. The molecule has 0 spiro atoms. The number of hydrogen-bond donors (Lipinski definition) is 2. The molecule has 0 aliphatic heterocycles. The van der Waals surface area contributed by atoms with Crippen LogP contribution in [0.5, 0.6) is 5.88 Å². The lowest BCUT2D eigenvalue weighted by Gasteiger charge is -2.07. The van der Waals surface area contributed by atoms with Crippen LogP contribution >= 0.6 is 0 Å². The van der Waals surface area contributed by atoms with E-state index in [4.69, 9.17) is 10.5 Å². The minimum Gasteiger partial charge on any atom is -0.479 e. The third-order valence-corrected chi connectivity index (χ3v) is 3.88. The highest BCUT2D eigenvalue weighted by molar-refractivity contribution is 5.93. The number of carbonyl (C=O) groups excluding carboxylic acids is 1. The van der Waals surface area contributed by atoms with Crippen molar-refractivity contribution in [2.24, 2.45) is 0 Å². The highest BCUT2D eigenvalue weighted by Crippen LogP contribution is 2.33. The van der Waals surface area contributed by atoms with Gasteiger partial charge in [-0.15, -0.1) is 5.10 Å². The maximum atomic E-state index is 14.7. The molecule has 0 fully saturated rings. The lowest BCUT2D eigenvalue weighted by atomic mass is 10.1. The zero-order chi connectivity index (χ0) is 18.4. The summed E-state index contributed by atoms with van der Waals surface area (Å²) in [4.78, 5) is 24.2. The molecule has 0 aliphatic rings. The molecule has 132 valence electrons. The molecule has 0 bridgehead atoms. The van der Waals surface area contributed by atoms with Gasteiger partial charge in [0.05, 0.1) is 25.1 Å². The van der Waals surface area contributed by atoms with Crippen molar-refractivity contribution in [1.29, 1.82) is 0 Å². The Morgan fingerprint density at radius 3 is 2.81 bits per heavy atom. The summed E-state index contributed by atoms with van der Waals surface area (Å²) in [6, 6.07) is 0. The molecule has 0 atom stereocenters. The zero-order valence-corrected chi connectivity index (χ0v) is 13.8. The number of nitrogens with one attached hydrogen (secondary N) is 1. The summed E-state index contributed by atoms with van der Waals surface area (Å²) >= 11 is 0. The Kier molecular flexibility index (Phi) is 3.42. The van der Waals surface area contributed by atoms with Gasteiger partial charge in [-0.05, 0) is 0 Å². The number of nitrogens with two attached hydrogens (primary N) is 1. The van der Waals surface area contributed by atoms with E-state index in [1.807, 2.05) is 0 Å². The molecule has 0 saturated heterocycles. The fourth-order valence-electron chi connectivity index (χ4n) is 2.75. The predicted octanol–water partition coefficient (Wildman–Crippen LogP) is 0.528. The van der Waals surface area contributed by atoms with Gasteiger partial charge in [0.1, 0.15) is 11.2 Å². The summed E-state index contributed by atoms with van der Waals surface area (Å²) in [5.74, 6) is -0.531. The number of rotatable bonds is 3. The van der Waals surface area contributed by atoms with E-state index in [0.29, 0.717) is 16.9 Å². The van der Waals surface area contributed by atoms with Gasteiger partial charge in [0.25, 0.3) is 5.91 Å². The fourth-order valence-corrected chi connectivity index (χ4v) is 2.75. The average Bonchev–Trinajstić information content (AvgIpc) is 3.19. The molecule has 10 nitrogen and oxygen atoms in total. The number of methoxy groups -OCH3 is 1. The summed E-state index contributed by atoms with van der Waals surface area (Å²) < 4.78 is 22.6. The Morgan fingerprint density at radius 2 is 2.08 bits per heavy atom. The lowest BCUT2D eigenvalue weighted by molar-refractivity contribution is 0.0957. The second-order valence-electron chi connectivity index (χ2n) is 5.36. The first-order valence-corrected chi connectivity index (χ1v) is 7.47. The minimum absolute atomic E-state index is 0.0546. The summed E-state index contributed by atoms with van der Waals surface area (Å²) in [6.07, 6.45) is 5.57. The molecule has 0 saturated carbocycles. The summed E-state index contributed by atoms with van der Waals surface area (Å²) in [5.41, 5.74) is 6.75. The molecular formula is C15H13FN8O2. The van der Waals surface area contributed by atoms with Crippen LogP contribution in [0.3, 0.4) is 0 Å². The van der Waals surface area contributed by atoms with Crippen molar-refractivity contribution in [2.75, 3.05) is 19.9 Å². The van der Waals surface area contributed by atoms with E-state index in [-0.39, 0.29) is 29.0 Å². The van der Waals surface area contributed by atoms with Crippen molar-refractivity contribution >= 4 is 23.1 Å². The topological polar surface area (TPSA) is 125 Å². The Morgan fingerprint density at radius 1 is 1.31 bits per heavy atom. The first-order valence-electron chi connectivity index (χ1n) is 7.47. The monoisotopic (exact) mass is 356 g/mol. The third kappa shape index (κ3) is 2.21. The quantitative estimate of drug-likeness (QED) is 0.548. The molecule has 4 aromatic heterocycles. The molecule has 3 N–H and O–H groups in total. The van der Waals surface area contributed by atoms with E-state index >= 15 is 0 Å². The van der Waals surface area contributed by atoms with Crippen LogP contribution in [0.2, 0.25) is 0 Å². The second-order valence-corrected chi connectivity index (χ2v) is 5.36. The van der Waals surface area contributed by atoms with E-state index in [0.717, 1.165) is 0 Å². The van der Waals surface area contributed by atoms with E-state index in [1.165, 1.54) is 41.7 Å². The first kappa shape index (κ1) is 15.7. The van der Waals surface area contributed by atoms with Crippen molar-refractivity contribution < 1.29 is 13.9 Å². The Bertz CT molecular complexity index is 1170. The standard InChI is InChI=1S/C15H13FN8O2/c1-18-12(25)9-4-20-15-19-3-7(5-23(9)15)10-8(16)6-24-11(10)13(26-2)21-14(17)22-24/h3-6H,1-2H3,(H2,17,22)(H,18,25). The molecule has 0 aliphatic carbocycles. The average molecular weight is 356 g/mol. The highest BCUT2D eigenvalue weighted by Gasteiger charge is 2.21. The van der Waals surface area contributed by atoms with E-state index < -0.39 is 5.82 Å². The molecule has 0 aromatic carbocycles. The van der Waals surface area contributed by atoms with E-state index in [9.17, 15) is 9.18 Å². The number of nitrogens with zero attached hydrogens (tertiary/aromatic N) is 6. The van der Waals surface area contributed by atoms with Crippen LogP contribution in [0.1, 0.15) is 10.5 Å². The number of anilines is 1. The van der Waals surface area contributed by atoms with Crippen molar-refractivity contribution in [2.45, 2.75) is 0 Å². The van der Waals surface area contributed by atoms with Gasteiger partial charge in [0, 0.05) is 25.0 Å². The van der Waals surface area contributed by atoms with Crippen LogP contribution < -0.4 is 15.8 Å². The number of carbonyl (C=O) groups is 1. The fraction of sp³-hybridized carbons (Fsp3) is 0.133. The zero-order valence-electron chi connectivity index (χ0n) is 13.8. The Labute approximate surface area is 145 Å². The van der Waals surface area contributed by atoms with Crippen LogP contribution in [-0.2, 0) is 0 Å². The van der Waals surface area contributed by atoms with Gasteiger partial charge in [-0.1, -0.05) is 0 Å². The number of amides is 1. The van der Waals surface area contributed by atoms with Gasteiger partial charge in [-0.25, -0.2) is 18.9 Å². The minimum atomic E-state index is -0.564. The highest BCUT2D eigenvalue weighted by atomic mass is 19.1. The van der Waals surface area contributed by atoms with E-state index in [1.54, 1.807) is 6.20 Å². The molecule has 4 rings (SSSR count). The molecule has 0 radical (unpaired) electrons. The van der Waals surface area contributed by atoms with Crippen molar-refractivity contribution in [1.82, 2.24) is 34.3 Å². The van der Waals surface area contributed by atoms with Crippen molar-refractivity contribution in [3.63, 3.8) is 0 Å². The van der Waals surface area contributed by atoms with Gasteiger partial charge in [0.2, 0.25) is 17.6 Å². The van der Waals surface area contributed by atoms with Crippen LogP contribution in [0, 0.1) is 5.82 Å². The number of ether oxygens (including phenoxy) is 1. The van der Waals surface area contributed by atoms with Crippen LogP contribution in [-0.4, -0.2) is 49.0 Å². The number of hydrogen-bond acceptors (Lipinski definition) is 7. The molecule has 1 amide bonds. The van der Waals surface area contributed by atoms with Gasteiger partial charge in [0.15, 0.2) is 5.82 Å². The Balaban J connectivity index is 2.01. The molecule has 4 heterocycles. The summed E-state index contributed by atoms with van der Waals surface area (Å²) in [5, 5.41) is 6.48. The van der Waals surface area contributed by atoms with Gasteiger partial charge < -0.3 is 15.8 Å². The normalized spacial score (nSPS) is 11.2. The summed E-state index contributed by atoms with van der Waals surface area (Å²) in [7, 11) is 2.91. The van der Waals surface area contributed by atoms with Gasteiger partial charge in [-0.2, -0.15) is 4.98 Å².